The second kappa shape index (κ2) is 10.0. The second-order valence-corrected chi connectivity index (χ2v) is 6.24. The standard InChI is InChI=1S/C19H29NO3/c1-5-6-7-8-16(4)23-18(21)13-15(3)20-19(22)17-11-9-14(2)10-12-17/h9-12,15-16H,5-8,13H2,1-4H3,(H,20,22). The Morgan fingerprint density at radius 2 is 1.78 bits per heavy atom. The molecule has 128 valence electrons. The zero-order valence-electron chi connectivity index (χ0n) is 14.7. The highest BCUT2D eigenvalue weighted by Gasteiger charge is 2.16. The summed E-state index contributed by atoms with van der Waals surface area (Å²) in [4.78, 5) is 24.0. The molecule has 23 heavy (non-hydrogen) atoms. The molecule has 0 fully saturated rings. The van der Waals surface area contributed by atoms with E-state index >= 15 is 0 Å². The van der Waals surface area contributed by atoms with Gasteiger partial charge in [0.25, 0.3) is 5.91 Å². The van der Waals surface area contributed by atoms with E-state index in [9.17, 15) is 9.59 Å². The third kappa shape index (κ3) is 7.82. The van der Waals surface area contributed by atoms with Crippen molar-refractivity contribution in [3.05, 3.63) is 35.4 Å². The van der Waals surface area contributed by atoms with Crippen LogP contribution in [0.15, 0.2) is 24.3 Å². The van der Waals surface area contributed by atoms with Crippen LogP contribution in [0.4, 0.5) is 0 Å². The number of aryl methyl sites for hydroxylation is 1. The van der Waals surface area contributed by atoms with Crippen molar-refractivity contribution in [3.63, 3.8) is 0 Å². The van der Waals surface area contributed by atoms with Crippen molar-refractivity contribution in [2.24, 2.45) is 0 Å². The van der Waals surface area contributed by atoms with Gasteiger partial charge >= 0.3 is 5.97 Å². The van der Waals surface area contributed by atoms with Gasteiger partial charge in [-0.1, -0.05) is 37.5 Å². The summed E-state index contributed by atoms with van der Waals surface area (Å²) in [6, 6.07) is 7.11. The first-order valence-corrected chi connectivity index (χ1v) is 8.49. The predicted octanol–water partition coefficient (Wildman–Crippen LogP) is 4.02. The van der Waals surface area contributed by atoms with Gasteiger partial charge in [0.15, 0.2) is 0 Å². The van der Waals surface area contributed by atoms with Gasteiger partial charge in [-0.15, -0.1) is 0 Å². The molecule has 1 aromatic carbocycles. The van der Waals surface area contributed by atoms with Gasteiger partial charge in [0.05, 0.1) is 12.5 Å². The molecule has 0 heterocycles. The van der Waals surface area contributed by atoms with E-state index in [-0.39, 0.29) is 30.4 Å². The van der Waals surface area contributed by atoms with Crippen molar-refractivity contribution in [2.45, 2.75) is 71.9 Å². The fourth-order valence-electron chi connectivity index (χ4n) is 2.33. The summed E-state index contributed by atoms with van der Waals surface area (Å²) in [5.74, 6) is -0.424. The van der Waals surface area contributed by atoms with Crippen LogP contribution in [0.1, 0.15) is 68.8 Å². The zero-order chi connectivity index (χ0) is 17.2. The fourth-order valence-corrected chi connectivity index (χ4v) is 2.33. The lowest BCUT2D eigenvalue weighted by atomic mass is 10.1. The van der Waals surface area contributed by atoms with Crippen molar-refractivity contribution >= 4 is 11.9 Å². The molecule has 4 nitrogen and oxygen atoms in total. The summed E-state index contributed by atoms with van der Waals surface area (Å²) in [5, 5.41) is 2.83. The van der Waals surface area contributed by atoms with Crippen LogP contribution < -0.4 is 5.32 Å². The first-order chi connectivity index (χ1) is 10.9. The summed E-state index contributed by atoms with van der Waals surface area (Å²) in [6.07, 6.45) is 4.41. The number of rotatable bonds is 9. The van der Waals surface area contributed by atoms with E-state index in [2.05, 4.69) is 12.2 Å². The summed E-state index contributed by atoms with van der Waals surface area (Å²) in [7, 11) is 0. The lowest BCUT2D eigenvalue weighted by molar-refractivity contribution is -0.148. The third-order valence-corrected chi connectivity index (χ3v) is 3.71. The molecule has 0 aliphatic carbocycles. The molecule has 2 atom stereocenters. The van der Waals surface area contributed by atoms with Gasteiger partial charge in [0.2, 0.25) is 0 Å². The SMILES string of the molecule is CCCCCC(C)OC(=O)CC(C)NC(=O)c1ccc(C)cc1. The molecule has 0 bridgehead atoms. The molecular weight excluding hydrogens is 290 g/mol. The number of carbonyl (C=O) groups is 2. The predicted molar refractivity (Wildman–Crippen MR) is 92.4 cm³/mol. The lowest BCUT2D eigenvalue weighted by Gasteiger charge is -2.16. The minimum Gasteiger partial charge on any atom is -0.463 e. The quantitative estimate of drug-likeness (QED) is 0.552. The van der Waals surface area contributed by atoms with Crippen molar-refractivity contribution in [1.82, 2.24) is 5.32 Å². The number of esters is 1. The summed E-state index contributed by atoms with van der Waals surface area (Å²) < 4.78 is 5.38. The molecule has 2 unspecified atom stereocenters. The highest BCUT2D eigenvalue weighted by molar-refractivity contribution is 5.94. The van der Waals surface area contributed by atoms with Gasteiger partial charge in [-0.2, -0.15) is 0 Å². The van der Waals surface area contributed by atoms with E-state index in [1.54, 1.807) is 12.1 Å². The van der Waals surface area contributed by atoms with Gasteiger partial charge in [0.1, 0.15) is 0 Å². The number of hydrogen-bond donors (Lipinski definition) is 1. The Morgan fingerprint density at radius 1 is 1.13 bits per heavy atom. The van der Waals surface area contributed by atoms with E-state index in [4.69, 9.17) is 4.74 Å². The summed E-state index contributed by atoms with van der Waals surface area (Å²) in [6.45, 7) is 7.86. The Bertz CT molecular complexity index is 496. The maximum Gasteiger partial charge on any atom is 0.308 e. The molecule has 0 radical (unpaired) electrons. The highest BCUT2D eigenvalue weighted by atomic mass is 16.5. The van der Waals surface area contributed by atoms with Crippen LogP contribution in [0.3, 0.4) is 0 Å². The van der Waals surface area contributed by atoms with Crippen LogP contribution >= 0.6 is 0 Å². The number of amides is 1. The van der Waals surface area contributed by atoms with Crippen LogP contribution in [-0.2, 0) is 9.53 Å². The molecule has 1 amide bonds. The Labute approximate surface area is 139 Å². The first-order valence-electron chi connectivity index (χ1n) is 8.49. The van der Waals surface area contributed by atoms with Crippen LogP contribution in [0, 0.1) is 6.92 Å². The Balaban J connectivity index is 2.34. The topological polar surface area (TPSA) is 55.4 Å². The molecule has 1 aromatic rings. The monoisotopic (exact) mass is 319 g/mol. The summed E-state index contributed by atoms with van der Waals surface area (Å²) in [5.41, 5.74) is 1.71. The first kappa shape index (κ1) is 19.2. The Kier molecular flexibility index (Phi) is 8.38. The van der Waals surface area contributed by atoms with Crippen LogP contribution in [0.5, 0.6) is 0 Å². The van der Waals surface area contributed by atoms with Crippen LogP contribution in [-0.4, -0.2) is 24.0 Å². The largest absolute Gasteiger partial charge is 0.463 e. The number of benzene rings is 1. The normalized spacial score (nSPS) is 13.2. The molecule has 0 aliphatic rings. The molecule has 0 aromatic heterocycles. The fraction of sp³-hybridized carbons (Fsp3) is 0.579. The molecule has 0 saturated carbocycles. The van der Waals surface area contributed by atoms with Gasteiger partial charge in [-0.3, -0.25) is 9.59 Å². The second-order valence-electron chi connectivity index (χ2n) is 6.24. The Morgan fingerprint density at radius 3 is 2.39 bits per heavy atom. The lowest BCUT2D eigenvalue weighted by Crippen LogP contribution is -2.35. The van der Waals surface area contributed by atoms with Crippen molar-refractivity contribution in [1.29, 1.82) is 0 Å². The van der Waals surface area contributed by atoms with Crippen LogP contribution in [0.2, 0.25) is 0 Å². The van der Waals surface area contributed by atoms with Crippen molar-refractivity contribution in [2.75, 3.05) is 0 Å². The average Bonchev–Trinajstić information content (AvgIpc) is 2.47. The molecule has 0 saturated heterocycles. The van der Waals surface area contributed by atoms with Gasteiger partial charge < -0.3 is 10.1 Å². The van der Waals surface area contributed by atoms with E-state index in [1.165, 1.54) is 0 Å². The number of nitrogens with one attached hydrogen (secondary N) is 1. The molecular formula is C19H29NO3. The molecule has 1 N–H and O–H groups in total. The van der Waals surface area contributed by atoms with Crippen molar-refractivity contribution in [3.8, 4) is 0 Å². The highest BCUT2D eigenvalue weighted by Crippen LogP contribution is 2.08. The number of hydrogen-bond acceptors (Lipinski definition) is 3. The number of carbonyl (C=O) groups excluding carboxylic acids is 2. The third-order valence-electron chi connectivity index (χ3n) is 3.71. The minimum atomic E-state index is -0.259. The Hall–Kier alpha value is -1.84. The molecule has 0 spiro atoms. The number of unbranched alkanes of at least 4 members (excludes halogenated alkanes) is 2. The average molecular weight is 319 g/mol. The number of ether oxygens (including phenoxy) is 1. The van der Waals surface area contributed by atoms with E-state index < -0.39 is 0 Å². The molecule has 4 heteroatoms. The van der Waals surface area contributed by atoms with E-state index in [0.29, 0.717) is 5.56 Å². The zero-order valence-corrected chi connectivity index (χ0v) is 14.7. The van der Waals surface area contributed by atoms with Crippen LogP contribution in [0.25, 0.3) is 0 Å². The molecule has 1 rings (SSSR count). The maximum atomic E-state index is 12.1. The maximum absolute atomic E-state index is 12.1. The molecule has 0 aliphatic heterocycles. The van der Waals surface area contributed by atoms with Crippen molar-refractivity contribution < 1.29 is 14.3 Å². The van der Waals surface area contributed by atoms with E-state index in [0.717, 1.165) is 31.2 Å². The smallest absolute Gasteiger partial charge is 0.308 e. The van der Waals surface area contributed by atoms with Gasteiger partial charge in [-0.25, -0.2) is 0 Å². The minimum absolute atomic E-state index is 0.0611. The summed E-state index contributed by atoms with van der Waals surface area (Å²) >= 11 is 0. The van der Waals surface area contributed by atoms with Gasteiger partial charge in [0, 0.05) is 11.6 Å². The van der Waals surface area contributed by atoms with Gasteiger partial charge in [-0.05, 0) is 45.7 Å². The van der Waals surface area contributed by atoms with E-state index in [1.807, 2.05) is 32.9 Å².